The molecule has 0 atom stereocenters. The number of hydrogen-bond acceptors (Lipinski definition) is 5. The van der Waals surface area contributed by atoms with E-state index in [0.29, 0.717) is 17.2 Å². The van der Waals surface area contributed by atoms with Gasteiger partial charge in [-0.3, -0.25) is 0 Å². The molecule has 3 rings (SSSR count). The molecule has 0 aliphatic rings. The second-order valence-electron chi connectivity index (χ2n) is 8.66. The minimum atomic E-state index is -4.72. The maximum Gasteiger partial charge on any atom is 0.416 e. The predicted octanol–water partition coefficient (Wildman–Crippen LogP) is 5.93. The van der Waals surface area contributed by atoms with E-state index in [1.54, 1.807) is 30.3 Å². The van der Waals surface area contributed by atoms with Crippen molar-refractivity contribution in [2.45, 2.75) is 31.5 Å². The van der Waals surface area contributed by atoms with Gasteiger partial charge in [0.1, 0.15) is 10.6 Å². The maximum absolute atomic E-state index is 13.1. The highest BCUT2D eigenvalue weighted by Gasteiger charge is 2.32. The lowest BCUT2D eigenvalue weighted by atomic mass is 10.2. The van der Waals surface area contributed by atoms with Crippen LogP contribution in [0.25, 0.3) is 6.08 Å². The average molecular weight is 554 g/mol. The molecule has 3 aromatic rings. The topological polar surface area (TPSA) is 80.8 Å². The Labute approximate surface area is 215 Å². The molecule has 0 fully saturated rings. The lowest BCUT2D eigenvalue weighted by Gasteiger charge is -2.22. The molecule has 0 N–H and O–H groups in total. The summed E-state index contributed by atoms with van der Waals surface area (Å²) in [5, 5.41) is 1.11. The van der Waals surface area contributed by atoms with Crippen LogP contribution in [-0.4, -0.2) is 27.7 Å². The van der Waals surface area contributed by atoms with Gasteiger partial charge >= 0.3 is 16.3 Å². The third-order valence-corrected chi connectivity index (χ3v) is 7.80. The van der Waals surface area contributed by atoms with Crippen molar-refractivity contribution in [3.05, 3.63) is 101 Å². The second-order valence-corrected chi connectivity index (χ2v) is 12.0. The summed E-state index contributed by atoms with van der Waals surface area (Å²) in [5.41, 5.74) is 0.0314. The van der Waals surface area contributed by atoms with Crippen LogP contribution in [0.3, 0.4) is 0 Å². The predicted molar refractivity (Wildman–Crippen MR) is 135 cm³/mol. The van der Waals surface area contributed by atoms with Crippen molar-refractivity contribution >= 4 is 26.2 Å². The van der Waals surface area contributed by atoms with Crippen LogP contribution in [0.5, 0.6) is 5.75 Å². The lowest BCUT2D eigenvalue weighted by molar-refractivity contribution is -0.137. The van der Waals surface area contributed by atoms with E-state index in [-0.39, 0.29) is 24.8 Å². The first-order valence-corrected chi connectivity index (χ1v) is 14.1. The molecule has 198 valence electrons. The number of rotatable bonds is 10. The lowest BCUT2D eigenvalue weighted by Crippen LogP contribution is -2.32. The Hall–Kier alpha value is -3.15. The quantitative estimate of drug-likeness (QED) is 0.291. The van der Waals surface area contributed by atoms with Crippen LogP contribution in [0.1, 0.15) is 30.5 Å². The third-order valence-electron chi connectivity index (χ3n) is 5.07. The molecule has 0 radical (unpaired) electrons. The Morgan fingerprint density at radius 2 is 1.57 bits per heavy atom. The molecule has 11 heteroatoms. The van der Waals surface area contributed by atoms with Crippen LogP contribution in [0.4, 0.5) is 13.2 Å². The summed E-state index contributed by atoms with van der Waals surface area (Å²) >= 11 is 0. The number of sulfonamides is 1. The van der Waals surface area contributed by atoms with E-state index >= 15 is 0 Å². The zero-order chi connectivity index (χ0) is 27.3. The van der Waals surface area contributed by atoms with Gasteiger partial charge in [0.2, 0.25) is 10.0 Å². The molecule has 0 bridgehead atoms. The summed E-state index contributed by atoms with van der Waals surface area (Å²) < 4.78 is 96.8. The average Bonchev–Trinajstić information content (AvgIpc) is 2.82. The molecule has 6 nitrogen and oxygen atoms in total. The number of halogens is 3. The van der Waals surface area contributed by atoms with Crippen molar-refractivity contribution in [2.24, 2.45) is 5.92 Å². The first-order valence-electron chi connectivity index (χ1n) is 11.2. The van der Waals surface area contributed by atoms with E-state index < -0.39 is 36.8 Å². The van der Waals surface area contributed by atoms with Crippen molar-refractivity contribution in [2.75, 3.05) is 6.54 Å². The molecule has 3 aromatic carbocycles. The third kappa shape index (κ3) is 8.17. The molecule has 37 heavy (non-hydrogen) atoms. The van der Waals surface area contributed by atoms with Crippen LogP contribution < -0.4 is 4.18 Å². The molecule has 0 aromatic heterocycles. The van der Waals surface area contributed by atoms with Gasteiger partial charge in [0.25, 0.3) is 0 Å². The molecule has 0 amide bonds. The van der Waals surface area contributed by atoms with Gasteiger partial charge in [-0.2, -0.15) is 25.9 Å². The summed E-state index contributed by atoms with van der Waals surface area (Å²) in [7, 11) is -8.41. The smallest absolute Gasteiger partial charge is 0.379 e. The van der Waals surface area contributed by atoms with Gasteiger partial charge in [0, 0.05) is 18.5 Å². The van der Waals surface area contributed by atoms with Gasteiger partial charge < -0.3 is 4.18 Å². The number of nitrogens with zero attached hydrogens (tertiary/aromatic N) is 1. The molecule has 0 heterocycles. The fourth-order valence-corrected chi connectivity index (χ4v) is 5.69. The molecular formula is C26H26F3NO5S2. The Balaban J connectivity index is 1.84. The molecular weight excluding hydrogens is 527 g/mol. The van der Waals surface area contributed by atoms with E-state index in [0.717, 1.165) is 23.6 Å². The van der Waals surface area contributed by atoms with Crippen molar-refractivity contribution < 1.29 is 34.2 Å². The molecule has 0 spiro atoms. The van der Waals surface area contributed by atoms with Gasteiger partial charge in [-0.1, -0.05) is 62.4 Å². The fraction of sp³-hybridized carbons (Fsp3) is 0.231. The van der Waals surface area contributed by atoms with Crippen LogP contribution in [0.15, 0.2) is 89.2 Å². The summed E-state index contributed by atoms with van der Waals surface area (Å²) in [6.07, 6.45) is -3.23. The summed E-state index contributed by atoms with van der Waals surface area (Å²) in [6.45, 7) is 3.87. The Kier molecular flexibility index (Phi) is 8.83. The normalized spacial score (nSPS) is 12.9. The number of benzene rings is 3. The zero-order valence-corrected chi connectivity index (χ0v) is 21.7. The minimum Gasteiger partial charge on any atom is -0.379 e. The number of alkyl halides is 3. The van der Waals surface area contributed by atoms with Crippen LogP contribution >= 0.6 is 0 Å². The van der Waals surface area contributed by atoms with Gasteiger partial charge in [-0.15, -0.1) is 0 Å². The molecule has 0 saturated carbocycles. The Morgan fingerprint density at radius 3 is 2.22 bits per heavy atom. The standard InChI is InChI=1S/C26H26F3NO5S2/c1-20(2)18-30(36(31,32)15-14-21-8-4-3-5-9-21)19-22-10-6-12-24(16-22)35-37(33,34)25-13-7-11-23(17-25)26(27,28)29/h3-17,20H,18-19H2,1-2H3. The van der Waals surface area contributed by atoms with E-state index in [2.05, 4.69) is 0 Å². The van der Waals surface area contributed by atoms with E-state index in [1.165, 1.54) is 28.6 Å². The van der Waals surface area contributed by atoms with Crippen molar-refractivity contribution in [1.82, 2.24) is 4.31 Å². The Bertz CT molecular complexity index is 1450. The molecule has 0 unspecified atom stereocenters. The monoisotopic (exact) mass is 553 g/mol. The highest BCUT2D eigenvalue weighted by molar-refractivity contribution is 7.92. The molecule has 0 saturated heterocycles. The first kappa shape index (κ1) is 28.4. The van der Waals surface area contributed by atoms with Gasteiger partial charge in [0.05, 0.1) is 5.56 Å². The SMILES string of the molecule is CC(C)CN(Cc1cccc(OS(=O)(=O)c2cccc(C(F)(F)F)c2)c1)S(=O)(=O)C=Cc1ccccc1. The first-order chi connectivity index (χ1) is 17.3. The Morgan fingerprint density at radius 1 is 0.892 bits per heavy atom. The second kappa shape index (κ2) is 11.5. The summed E-state index contributed by atoms with van der Waals surface area (Å²) in [6, 6.07) is 17.9. The minimum absolute atomic E-state index is 0.000574. The maximum atomic E-state index is 13.1. The summed E-state index contributed by atoms with van der Waals surface area (Å²) in [5.74, 6) is -0.155. The summed E-state index contributed by atoms with van der Waals surface area (Å²) in [4.78, 5) is -0.650. The van der Waals surface area contributed by atoms with E-state index in [9.17, 15) is 30.0 Å². The molecule has 0 aliphatic carbocycles. The fourth-order valence-electron chi connectivity index (χ4n) is 3.38. The van der Waals surface area contributed by atoms with Crippen molar-refractivity contribution in [1.29, 1.82) is 0 Å². The zero-order valence-electron chi connectivity index (χ0n) is 20.1. The van der Waals surface area contributed by atoms with Crippen molar-refractivity contribution in [3.8, 4) is 5.75 Å². The van der Waals surface area contributed by atoms with Gasteiger partial charge in [-0.25, -0.2) is 8.42 Å². The van der Waals surface area contributed by atoms with Gasteiger partial charge in [-0.05, 0) is 53.5 Å². The highest BCUT2D eigenvalue weighted by atomic mass is 32.2. The highest BCUT2D eigenvalue weighted by Crippen LogP contribution is 2.31. The van der Waals surface area contributed by atoms with E-state index in [4.69, 9.17) is 4.18 Å². The largest absolute Gasteiger partial charge is 0.416 e. The van der Waals surface area contributed by atoms with Crippen LogP contribution in [0, 0.1) is 5.92 Å². The van der Waals surface area contributed by atoms with Gasteiger partial charge in [0.15, 0.2) is 0 Å². The molecule has 0 aliphatic heterocycles. The van der Waals surface area contributed by atoms with Crippen LogP contribution in [-0.2, 0) is 32.9 Å². The van der Waals surface area contributed by atoms with Crippen LogP contribution in [0.2, 0.25) is 0 Å². The van der Waals surface area contributed by atoms with Crippen molar-refractivity contribution in [3.63, 3.8) is 0 Å². The van der Waals surface area contributed by atoms with E-state index in [1.807, 2.05) is 19.9 Å². The number of hydrogen-bond donors (Lipinski definition) is 0.